The lowest BCUT2D eigenvalue weighted by molar-refractivity contribution is -0.0123. The van der Waals surface area contributed by atoms with Gasteiger partial charge >= 0.3 is 6.01 Å². The van der Waals surface area contributed by atoms with Crippen molar-refractivity contribution in [3.05, 3.63) is 36.7 Å². The molecule has 5 heteroatoms. The van der Waals surface area contributed by atoms with Gasteiger partial charge in [-0.1, -0.05) is 12.1 Å². The molecule has 4 heterocycles. The number of aromatic nitrogens is 2. The molecule has 3 aliphatic rings. The van der Waals surface area contributed by atoms with Gasteiger partial charge in [0.25, 0.3) is 0 Å². The second kappa shape index (κ2) is 5.57. The number of piperidine rings is 3. The monoisotopic (exact) mass is 296 g/mol. The van der Waals surface area contributed by atoms with E-state index in [0.29, 0.717) is 11.9 Å². The van der Waals surface area contributed by atoms with E-state index in [0.717, 1.165) is 23.4 Å². The smallest absolute Gasteiger partial charge is 0.316 e. The van der Waals surface area contributed by atoms with Crippen LogP contribution in [0.25, 0.3) is 11.1 Å². The summed E-state index contributed by atoms with van der Waals surface area (Å²) in [4.78, 5) is 11.2. The molecule has 2 N–H and O–H groups in total. The molecule has 2 aromatic rings. The third-order valence-corrected chi connectivity index (χ3v) is 4.70. The van der Waals surface area contributed by atoms with Gasteiger partial charge in [-0.15, -0.1) is 0 Å². The van der Waals surface area contributed by atoms with E-state index in [-0.39, 0.29) is 6.10 Å². The second-order valence-corrected chi connectivity index (χ2v) is 6.17. The van der Waals surface area contributed by atoms with Crippen LogP contribution >= 0.6 is 0 Å². The van der Waals surface area contributed by atoms with E-state index in [4.69, 9.17) is 10.5 Å². The highest BCUT2D eigenvalue weighted by atomic mass is 16.5. The molecule has 2 bridgehead atoms. The van der Waals surface area contributed by atoms with Crippen molar-refractivity contribution in [2.45, 2.75) is 18.9 Å². The predicted octanol–water partition coefficient (Wildman–Crippen LogP) is 2.20. The minimum atomic E-state index is 0.237. The summed E-state index contributed by atoms with van der Waals surface area (Å²) >= 11 is 0. The van der Waals surface area contributed by atoms with Crippen LogP contribution in [0.4, 0.5) is 5.69 Å². The predicted molar refractivity (Wildman–Crippen MR) is 85.5 cm³/mol. The van der Waals surface area contributed by atoms with Gasteiger partial charge in [0.05, 0.1) is 0 Å². The third-order valence-electron chi connectivity index (χ3n) is 4.70. The molecule has 114 valence electrons. The maximum Gasteiger partial charge on any atom is 0.316 e. The number of hydrogen-bond acceptors (Lipinski definition) is 5. The fourth-order valence-corrected chi connectivity index (χ4v) is 3.42. The van der Waals surface area contributed by atoms with E-state index in [9.17, 15) is 0 Å². The van der Waals surface area contributed by atoms with E-state index in [2.05, 4.69) is 14.9 Å². The molecule has 3 saturated heterocycles. The van der Waals surface area contributed by atoms with Crippen molar-refractivity contribution >= 4 is 5.69 Å². The van der Waals surface area contributed by atoms with Crippen molar-refractivity contribution in [2.75, 3.05) is 25.4 Å². The molecule has 3 aliphatic heterocycles. The van der Waals surface area contributed by atoms with Crippen molar-refractivity contribution in [1.82, 2.24) is 14.9 Å². The number of rotatable bonds is 3. The maximum atomic E-state index is 6.02. The van der Waals surface area contributed by atoms with Crippen LogP contribution < -0.4 is 10.5 Å². The zero-order chi connectivity index (χ0) is 14.9. The molecule has 1 unspecified atom stereocenters. The molecule has 1 atom stereocenters. The summed E-state index contributed by atoms with van der Waals surface area (Å²) in [6, 6.07) is 8.21. The summed E-state index contributed by atoms with van der Waals surface area (Å²) in [6.07, 6.45) is 6.30. The van der Waals surface area contributed by atoms with E-state index in [1.165, 1.54) is 25.9 Å². The van der Waals surface area contributed by atoms with Crippen molar-refractivity contribution in [2.24, 2.45) is 5.92 Å². The number of nitrogens with zero attached hydrogens (tertiary/aromatic N) is 3. The first-order valence-electron chi connectivity index (χ1n) is 7.85. The molecule has 0 radical (unpaired) electrons. The van der Waals surface area contributed by atoms with Crippen molar-refractivity contribution in [3.8, 4) is 17.1 Å². The van der Waals surface area contributed by atoms with Crippen LogP contribution in [0.1, 0.15) is 12.8 Å². The number of hydrogen-bond donors (Lipinski definition) is 1. The van der Waals surface area contributed by atoms with Crippen LogP contribution in [0, 0.1) is 5.92 Å². The Balaban J connectivity index is 1.48. The zero-order valence-corrected chi connectivity index (χ0v) is 12.5. The Hall–Kier alpha value is -2.14. The van der Waals surface area contributed by atoms with E-state index in [1.807, 2.05) is 24.3 Å². The van der Waals surface area contributed by atoms with Gasteiger partial charge in [-0.25, -0.2) is 9.97 Å². The highest BCUT2D eigenvalue weighted by Crippen LogP contribution is 2.30. The number of nitrogen functional groups attached to an aromatic ring is 1. The molecular weight excluding hydrogens is 276 g/mol. The fraction of sp³-hybridized carbons (Fsp3) is 0.412. The van der Waals surface area contributed by atoms with Gasteiger partial charge in [0.15, 0.2) is 0 Å². The minimum absolute atomic E-state index is 0.237. The molecule has 22 heavy (non-hydrogen) atoms. The molecule has 0 saturated carbocycles. The van der Waals surface area contributed by atoms with Gasteiger partial charge in [0, 0.05) is 30.2 Å². The number of ether oxygens (including phenoxy) is 1. The molecule has 0 amide bonds. The average Bonchev–Trinajstić information content (AvgIpc) is 2.57. The van der Waals surface area contributed by atoms with Gasteiger partial charge in [0.1, 0.15) is 6.10 Å². The molecule has 5 rings (SSSR count). The minimum Gasteiger partial charge on any atom is -0.458 e. The van der Waals surface area contributed by atoms with Gasteiger partial charge in [0.2, 0.25) is 0 Å². The number of anilines is 1. The first-order chi connectivity index (χ1) is 10.8. The van der Waals surface area contributed by atoms with Crippen LogP contribution in [0.3, 0.4) is 0 Å². The molecule has 0 spiro atoms. The summed E-state index contributed by atoms with van der Waals surface area (Å²) in [5.41, 5.74) is 8.53. The molecule has 1 aromatic carbocycles. The molecule has 0 aliphatic carbocycles. The van der Waals surface area contributed by atoms with Crippen molar-refractivity contribution in [1.29, 1.82) is 0 Å². The summed E-state index contributed by atoms with van der Waals surface area (Å²) in [7, 11) is 0. The van der Waals surface area contributed by atoms with Crippen LogP contribution in [0.15, 0.2) is 36.7 Å². The van der Waals surface area contributed by atoms with E-state index < -0.39 is 0 Å². The summed E-state index contributed by atoms with van der Waals surface area (Å²) in [5, 5.41) is 0. The number of nitrogens with two attached hydrogens (primary N) is 1. The maximum absolute atomic E-state index is 6.02. The first-order valence-corrected chi connectivity index (χ1v) is 7.85. The molecule has 1 aromatic heterocycles. The Kier molecular flexibility index (Phi) is 3.42. The number of fused-ring (bicyclic) bond motifs is 3. The standard InChI is InChI=1S/C17H20N4O/c18-15-3-1-2-13(8-15)14-9-19-17(20-10-14)22-16-11-21-6-4-12(16)5-7-21/h1-3,8-10,12,16H,4-7,11,18H2. The fourth-order valence-electron chi connectivity index (χ4n) is 3.42. The van der Waals surface area contributed by atoms with Crippen LogP contribution in [-0.4, -0.2) is 40.6 Å². The zero-order valence-electron chi connectivity index (χ0n) is 12.5. The Morgan fingerprint density at radius 2 is 1.86 bits per heavy atom. The summed E-state index contributed by atoms with van der Waals surface area (Å²) in [5.74, 6) is 0.655. The highest BCUT2D eigenvalue weighted by Gasteiger charge is 2.35. The van der Waals surface area contributed by atoms with Gasteiger partial charge in [-0.3, -0.25) is 4.90 Å². The topological polar surface area (TPSA) is 64.3 Å². The van der Waals surface area contributed by atoms with Crippen LogP contribution in [-0.2, 0) is 0 Å². The van der Waals surface area contributed by atoms with E-state index >= 15 is 0 Å². The summed E-state index contributed by atoms with van der Waals surface area (Å²) in [6.45, 7) is 3.42. The lowest BCUT2D eigenvalue weighted by Gasteiger charge is -2.43. The SMILES string of the molecule is Nc1cccc(-c2cnc(OC3CN4CCC3CC4)nc2)c1. The Bertz CT molecular complexity index is 650. The lowest BCUT2D eigenvalue weighted by atomic mass is 9.86. The quantitative estimate of drug-likeness (QED) is 0.880. The van der Waals surface area contributed by atoms with Crippen molar-refractivity contribution < 1.29 is 4.74 Å². The summed E-state index contributed by atoms with van der Waals surface area (Å²) < 4.78 is 6.02. The molecule has 5 nitrogen and oxygen atoms in total. The van der Waals surface area contributed by atoms with Gasteiger partial charge in [-0.2, -0.15) is 0 Å². The Labute approximate surface area is 130 Å². The molecule has 3 fully saturated rings. The Morgan fingerprint density at radius 1 is 1.09 bits per heavy atom. The third kappa shape index (κ3) is 2.64. The average molecular weight is 296 g/mol. The molecular formula is C17H20N4O. The first kappa shape index (κ1) is 13.5. The normalized spacial score (nSPS) is 26.8. The van der Waals surface area contributed by atoms with Gasteiger partial charge < -0.3 is 10.5 Å². The lowest BCUT2D eigenvalue weighted by Crippen LogP contribution is -2.52. The Morgan fingerprint density at radius 3 is 2.50 bits per heavy atom. The second-order valence-electron chi connectivity index (χ2n) is 6.17. The largest absolute Gasteiger partial charge is 0.458 e. The van der Waals surface area contributed by atoms with Crippen LogP contribution in [0.2, 0.25) is 0 Å². The highest BCUT2D eigenvalue weighted by molar-refractivity contribution is 5.65. The number of benzene rings is 1. The van der Waals surface area contributed by atoms with Crippen molar-refractivity contribution in [3.63, 3.8) is 0 Å². The van der Waals surface area contributed by atoms with Crippen LogP contribution in [0.5, 0.6) is 6.01 Å². The van der Waals surface area contributed by atoms with E-state index in [1.54, 1.807) is 12.4 Å². The van der Waals surface area contributed by atoms with Gasteiger partial charge in [-0.05, 0) is 49.5 Å².